The molecule has 2 aromatic rings. The van der Waals surface area contributed by atoms with Gasteiger partial charge in [0.15, 0.2) is 24.3 Å². The van der Waals surface area contributed by atoms with Gasteiger partial charge in [-0.15, -0.1) is 3.97 Å². The lowest BCUT2D eigenvalue weighted by molar-refractivity contribution is -0.492. The van der Waals surface area contributed by atoms with Crippen molar-refractivity contribution in [1.29, 1.82) is 0 Å². The second-order valence-corrected chi connectivity index (χ2v) is 4.11. The minimum absolute atomic E-state index is 1.10. The van der Waals surface area contributed by atoms with Crippen LogP contribution in [-0.2, 0) is 0 Å². The first-order chi connectivity index (χ1) is 6.40. The third-order valence-corrected chi connectivity index (χ3v) is 2.72. The topological polar surface area (TPSA) is 3.88 Å². The molecule has 1 aromatic heterocycles. The highest BCUT2D eigenvalue weighted by Gasteiger charge is 2.01. The van der Waals surface area contributed by atoms with Crippen LogP contribution < -0.4 is 3.97 Å². The van der Waals surface area contributed by atoms with Gasteiger partial charge in [-0.05, 0) is 11.5 Å². The summed E-state index contributed by atoms with van der Waals surface area (Å²) in [5.74, 6) is 1.10. The van der Waals surface area contributed by atoms with Crippen LogP contribution in [0.25, 0.3) is 10.8 Å². The lowest BCUT2D eigenvalue weighted by Gasteiger charge is -1.94. The van der Waals surface area contributed by atoms with Crippen LogP contribution in [0.3, 0.4) is 0 Å². The molecule has 2 heteroatoms. The third kappa shape index (κ3) is 1.83. The minimum atomic E-state index is 1.10. The van der Waals surface area contributed by atoms with E-state index in [1.54, 1.807) is 11.9 Å². The molecule has 0 unspecified atom stereocenters. The second-order valence-electron chi connectivity index (χ2n) is 2.85. The Kier molecular flexibility index (Phi) is 2.50. The summed E-state index contributed by atoms with van der Waals surface area (Å²) in [7, 11) is 0. The summed E-state index contributed by atoms with van der Waals surface area (Å²) in [6.45, 7) is 2.16. The zero-order valence-corrected chi connectivity index (χ0v) is 8.42. The van der Waals surface area contributed by atoms with Crippen molar-refractivity contribution < 1.29 is 3.97 Å². The third-order valence-electron chi connectivity index (χ3n) is 1.94. The smallest absolute Gasteiger partial charge is 0.133 e. The molecule has 0 atom stereocenters. The molecule has 0 spiro atoms. The van der Waals surface area contributed by atoms with E-state index in [0.29, 0.717) is 0 Å². The quantitative estimate of drug-likeness (QED) is 0.658. The van der Waals surface area contributed by atoms with E-state index in [9.17, 15) is 0 Å². The van der Waals surface area contributed by atoms with Gasteiger partial charge in [-0.1, -0.05) is 25.1 Å². The van der Waals surface area contributed by atoms with E-state index in [-0.39, 0.29) is 0 Å². The Bertz CT molecular complexity index is 412. The molecule has 2 rings (SSSR count). The molecule has 0 saturated heterocycles. The average Bonchev–Trinajstić information content (AvgIpc) is 2.18. The Morgan fingerprint density at radius 2 is 1.92 bits per heavy atom. The molecule has 0 bridgehead atoms. The van der Waals surface area contributed by atoms with Gasteiger partial charge in [0, 0.05) is 11.5 Å². The lowest BCUT2D eigenvalue weighted by atomic mass is 10.2. The summed E-state index contributed by atoms with van der Waals surface area (Å²) in [5.41, 5.74) is 0. The molecular formula is C11H12NS+. The number of aromatic nitrogens is 1. The van der Waals surface area contributed by atoms with Crippen LogP contribution in [-0.4, -0.2) is 5.75 Å². The summed E-state index contributed by atoms with van der Waals surface area (Å²) in [5, 5.41) is 2.60. The van der Waals surface area contributed by atoms with Crippen molar-refractivity contribution in [2.45, 2.75) is 6.92 Å². The van der Waals surface area contributed by atoms with E-state index in [0.717, 1.165) is 5.75 Å². The van der Waals surface area contributed by atoms with Crippen molar-refractivity contribution in [3.05, 3.63) is 42.7 Å². The van der Waals surface area contributed by atoms with Crippen molar-refractivity contribution in [2.24, 2.45) is 0 Å². The summed E-state index contributed by atoms with van der Waals surface area (Å²) < 4.78 is 2.16. The molecule has 13 heavy (non-hydrogen) atoms. The fraction of sp³-hybridized carbons (Fsp3) is 0.182. The van der Waals surface area contributed by atoms with Gasteiger partial charge in [0.25, 0.3) is 0 Å². The van der Waals surface area contributed by atoms with E-state index in [1.165, 1.54) is 10.8 Å². The maximum atomic E-state index is 2.17. The number of benzene rings is 1. The maximum Gasteiger partial charge on any atom is 0.191 e. The molecule has 1 nitrogen and oxygen atoms in total. The van der Waals surface area contributed by atoms with E-state index in [2.05, 4.69) is 53.6 Å². The predicted molar refractivity (Wildman–Crippen MR) is 57.7 cm³/mol. The number of hydrogen-bond donors (Lipinski definition) is 0. The summed E-state index contributed by atoms with van der Waals surface area (Å²) in [6.07, 6.45) is 4.28. The van der Waals surface area contributed by atoms with E-state index >= 15 is 0 Å². The van der Waals surface area contributed by atoms with Gasteiger partial charge in [0.05, 0.1) is 5.75 Å². The van der Waals surface area contributed by atoms with Crippen LogP contribution in [0.5, 0.6) is 0 Å². The van der Waals surface area contributed by atoms with Crippen molar-refractivity contribution in [3.8, 4) is 0 Å². The van der Waals surface area contributed by atoms with Crippen molar-refractivity contribution >= 4 is 22.7 Å². The van der Waals surface area contributed by atoms with Crippen molar-refractivity contribution in [2.75, 3.05) is 5.75 Å². The number of fused-ring (bicyclic) bond motifs is 1. The molecular weight excluding hydrogens is 178 g/mol. The van der Waals surface area contributed by atoms with Gasteiger partial charge in [0.1, 0.15) is 0 Å². The van der Waals surface area contributed by atoms with Crippen LogP contribution in [0, 0.1) is 0 Å². The van der Waals surface area contributed by atoms with Crippen LogP contribution in [0.2, 0.25) is 0 Å². The van der Waals surface area contributed by atoms with Gasteiger partial charge < -0.3 is 0 Å². The van der Waals surface area contributed by atoms with Crippen LogP contribution in [0.4, 0.5) is 0 Å². The molecule has 0 fully saturated rings. The molecule has 1 aromatic carbocycles. The van der Waals surface area contributed by atoms with Crippen molar-refractivity contribution in [1.82, 2.24) is 0 Å². The molecule has 0 radical (unpaired) electrons. The maximum absolute atomic E-state index is 2.17. The molecule has 1 heterocycles. The largest absolute Gasteiger partial charge is 0.191 e. The Hall–Kier alpha value is -1.02. The van der Waals surface area contributed by atoms with Crippen LogP contribution in [0.15, 0.2) is 42.7 Å². The number of hydrogen-bond acceptors (Lipinski definition) is 1. The predicted octanol–water partition coefficient (Wildman–Crippen LogP) is 2.64. The average molecular weight is 190 g/mol. The number of pyridine rings is 1. The normalized spacial score (nSPS) is 10.5. The molecule has 66 valence electrons. The lowest BCUT2D eigenvalue weighted by Crippen LogP contribution is -2.23. The summed E-state index contributed by atoms with van der Waals surface area (Å²) in [4.78, 5) is 0. The minimum Gasteiger partial charge on any atom is -0.133 e. The molecule has 0 amide bonds. The summed E-state index contributed by atoms with van der Waals surface area (Å²) in [6, 6.07) is 10.6. The van der Waals surface area contributed by atoms with Crippen molar-refractivity contribution in [3.63, 3.8) is 0 Å². The molecule has 0 saturated carbocycles. The van der Waals surface area contributed by atoms with Gasteiger partial charge in [-0.2, -0.15) is 0 Å². The fourth-order valence-electron chi connectivity index (χ4n) is 1.34. The highest BCUT2D eigenvalue weighted by Crippen LogP contribution is 2.10. The number of nitrogens with zero attached hydrogens (tertiary/aromatic N) is 1. The summed E-state index contributed by atoms with van der Waals surface area (Å²) >= 11 is 1.81. The molecule has 0 aliphatic rings. The molecule has 0 N–H and O–H groups in total. The first kappa shape index (κ1) is 8.57. The SMILES string of the molecule is CCS[n+]1ccc2ccccc2c1. The molecule has 0 aliphatic carbocycles. The second kappa shape index (κ2) is 3.79. The Balaban J connectivity index is 2.49. The zero-order valence-electron chi connectivity index (χ0n) is 7.60. The van der Waals surface area contributed by atoms with E-state index in [4.69, 9.17) is 0 Å². The standard InChI is InChI=1S/C11H12NS/c1-2-13-12-8-7-10-5-3-4-6-11(10)9-12/h3-9H,2H2,1H3/q+1. The van der Waals surface area contributed by atoms with E-state index in [1.807, 2.05) is 0 Å². The fourth-order valence-corrected chi connectivity index (χ4v) is 1.98. The molecule has 0 aliphatic heterocycles. The first-order valence-electron chi connectivity index (χ1n) is 4.43. The van der Waals surface area contributed by atoms with Gasteiger partial charge in [0.2, 0.25) is 0 Å². The van der Waals surface area contributed by atoms with Gasteiger partial charge in [-0.3, -0.25) is 0 Å². The monoisotopic (exact) mass is 190 g/mol. The van der Waals surface area contributed by atoms with Crippen LogP contribution >= 0.6 is 11.9 Å². The highest BCUT2D eigenvalue weighted by atomic mass is 32.2. The first-order valence-corrected chi connectivity index (χ1v) is 5.38. The Morgan fingerprint density at radius 3 is 2.69 bits per heavy atom. The zero-order chi connectivity index (χ0) is 9.10. The number of rotatable bonds is 2. The van der Waals surface area contributed by atoms with E-state index < -0.39 is 0 Å². The highest BCUT2D eigenvalue weighted by molar-refractivity contribution is 7.92. The Labute approximate surface area is 82.5 Å². The van der Waals surface area contributed by atoms with Gasteiger partial charge in [-0.25, -0.2) is 0 Å². The van der Waals surface area contributed by atoms with Crippen LogP contribution in [0.1, 0.15) is 6.92 Å². The Morgan fingerprint density at radius 1 is 1.15 bits per heavy atom. The van der Waals surface area contributed by atoms with Gasteiger partial charge >= 0.3 is 0 Å².